The van der Waals surface area contributed by atoms with Gasteiger partial charge in [0.25, 0.3) is 0 Å². The van der Waals surface area contributed by atoms with Gasteiger partial charge in [-0.2, -0.15) is 0 Å². The Hall–Kier alpha value is -2.07. The van der Waals surface area contributed by atoms with E-state index in [1.165, 1.54) is 5.56 Å². The van der Waals surface area contributed by atoms with Crippen molar-refractivity contribution >= 4 is 40.5 Å². The summed E-state index contributed by atoms with van der Waals surface area (Å²) in [5, 5.41) is 5.02. The molecule has 29 heavy (non-hydrogen) atoms. The quantitative estimate of drug-likeness (QED) is 0.384. The molecule has 0 radical (unpaired) electrons. The van der Waals surface area contributed by atoms with Crippen LogP contribution in [0.3, 0.4) is 0 Å². The molecule has 0 aliphatic carbocycles. The van der Waals surface area contributed by atoms with Crippen molar-refractivity contribution in [1.29, 1.82) is 0 Å². The second-order valence-electron chi connectivity index (χ2n) is 6.61. The summed E-state index contributed by atoms with van der Waals surface area (Å²) in [5.74, 6) is 1.28. The molecular formula is C23H22Cl3NO2. The van der Waals surface area contributed by atoms with E-state index in [9.17, 15) is 0 Å². The summed E-state index contributed by atoms with van der Waals surface area (Å²) < 4.78 is 11.8. The van der Waals surface area contributed by atoms with Gasteiger partial charge in [-0.3, -0.25) is 0 Å². The smallest absolute Gasteiger partial charge is 0.163 e. The maximum absolute atomic E-state index is 6.51. The third kappa shape index (κ3) is 6.20. The highest BCUT2D eigenvalue weighted by molar-refractivity contribution is 6.35. The molecule has 0 unspecified atom stereocenters. The van der Waals surface area contributed by atoms with Gasteiger partial charge in [-0.1, -0.05) is 64.6 Å². The van der Waals surface area contributed by atoms with Crippen LogP contribution in [-0.2, 0) is 13.2 Å². The van der Waals surface area contributed by atoms with E-state index in [0.717, 1.165) is 16.8 Å². The van der Waals surface area contributed by atoms with E-state index in [-0.39, 0.29) is 0 Å². The van der Waals surface area contributed by atoms with E-state index < -0.39 is 0 Å². The van der Waals surface area contributed by atoms with Crippen LogP contribution in [0.25, 0.3) is 0 Å². The Bertz CT molecular complexity index is 972. The second kappa shape index (κ2) is 10.1. The zero-order valence-electron chi connectivity index (χ0n) is 16.3. The van der Waals surface area contributed by atoms with Crippen LogP contribution in [0.15, 0.2) is 54.6 Å². The lowest BCUT2D eigenvalue weighted by Crippen LogP contribution is -2.04. The van der Waals surface area contributed by atoms with Crippen molar-refractivity contribution in [2.75, 3.05) is 11.9 Å². The van der Waals surface area contributed by atoms with Gasteiger partial charge in [0.1, 0.15) is 6.61 Å². The van der Waals surface area contributed by atoms with Gasteiger partial charge in [0.15, 0.2) is 11.5 Å². The highest BCUT2D eigenvalue weighted by Gasteiger charge is 2.12. The first-order valence-corrected chi connectivity index (χ1v) is 10.4. The van der Waals surface area contributed by atoms with Crippen LogP contribution in [0.1, 0.15) is 23.6 Å². The fraction of sp³-hybridized carbons (Fsp3) is 0.217. The Morgan fingerprint density at radius 1 is 0.862 bits per heavy atom. The number of ether oxygens (including phenoxy) is 2. The number of nitrogens with one attached hydrogen (secondary N) is 1. The number of rotatable bonds is 8. The van der Waals surface area contributed by atoms with E-state index in [1.54, 1.807) is 12.1 Å². The number of benzene rings is 3. The van der Waals surface area contributed by atoms with Gasteiger partial charge < -0.3 is 14.8 Å². The number of halogens is 3. The zero-order chi connectivity index (χ0) is 20.8. The van der Waals surface area contributed by atoms with Gasteiger partial charge in [0.2, 0.25) is 0 Å². The predicted molar refractivity (Wildman–Crippen MR) is 122 cm³/mol. The molecule has 0 atom stereocenters. The second-order valence-corrected chi connectivity index (χ2v) is 7.89. The molecule has 0 saturated carbocycles. The SMILES string of the molecule is CCOc1cc(CNc2cc(Cl)cc(Cl)c2)c(Cl)cc1OCc1cccc(C)c1. The summed E-state index contributed by atoms with van der Waals surface area (Å²) in [6.45, 7) is 5.45. The van der Waals surface area contributed by atoms with Crippen LogP contribution in [-0.4, -0.2) is 6.61 Å². The molecule has 0 aliphatic rings. The molecule has 152 valence electrons. The zero-order valence-corrected chi connectivity index (χ0v) is 18.5. The third-order valence-corrected chi connectivity index (χ3v) is 5.02. The minimum Gasteiger partial charge on any atom is -0.490 e. The van der Waals surface area contributed by atoms with E-state index in [4.69, 9.17) is 44.3 Å². The Morgan fingerprint density at radius 2 is 1.59 bits per heavy atom. The molecule has 0 aromatic heterocycles. The maximum Gasteiger partial charge on any atom is 0.163 e. The number of anilines is 1. The molecule has 0 amide bonds. The normalized spacial score (nSPS) is 10.7. The molecule has 1 N–H and O–H groups in total. The van der Waals surface area contributed by atoms with Crippen LogP contribution >= 0.6 is 34.8 Å². The molecule has 6 heteroatoms. The molecule has 3 rings (SSSR count). The monoisotopic (exact) mass is 449 g/mol. The summed E-state index contributed by atoms with van der Waals surface area (Å²) in [6.07, 6.45) is 0. The molecule has 0 heterocycles. The molecule has 0 saturated heterocycles. The summed E-state index contributed by atoms with van der Waals surface area (Å²) in [7, 11) is 0. The number of hydrogen-bond acceptors (Lipinski definition) is 3. The van der Waals surface area contributed by atoms with Crippen LogP contribution < -0.4 is 14.8 Å². The average Bonchev–Trinajstić information content (AvgIpc) is 2.66. The number of aryl methyl sites for hydroxylation is 1. The fourth-order valence-electron chi connectivity index (χ4n) is 2.91. The summed E-state index contributed by atoms with van der Waals surface area (Å²) in [6, 6.07) is 17.2. The van der Waals surface area contributed by atoms with Gasteiger partial charge in [-0.25, -0.2) is 0 Å². The Morgan fingerprint density at radius 3 is 2.28 bits per heavy atom. The minimum atomic E-state index is 0.441. The Labute approximate surface area is 186 Å². The van der Waals surface area contributed by atoms with Crippen LogP contribution in [0.4, 0.5) is 5.69 Å². The van der Waals surface area contributed by atoms with Crippen molar-refractivity contribution in [1.82, 2.24) is 0 Å². The first-order valence-electron chi connectivity index (χ1n) is 9.28. The molecule has 0 spiro atoms. The van der Waals surface area contributed by atoms with Crippen molar-refractivity contribution in [2.45, 2.75) is 27.0 Å². The van der Waals surface area contributed by atoms with Gasteiger partial charge >= 0.3 is 0 Å². The Balaban J connectivity index is 1.76. The lowest BCUT2D eigenvalue weighted by Gasteiger charge is -2.16. The van der Waals surface area contributed by atoms with Gasteiger partial charge in [0.05, 0.1) is 6.61 Å². The highest BCUT2D eigenvalue weighted by Crippen LogP contribution is 2.35. The van der Waals surface area contributed by atoms with Gasteiger partial charge in [-0.15, -0.1) is 0 Å². The molecule has 0 bridgehead atoms. The summed E-state index contributed by atoms with van der Waals surface area (Å²) in [4.78, 5) is 0. The molecule has 0 aliphatic heterocycles. The molecular weight excluding hydrogens is 429 g/mol. The molecule has 3 aromatic carbocycles. The van der Waals surface area contributed by atoms with E-state index in [1.807, 2.05) is 37.3 Å². The lowest BCUT2D eigenvalue weighted by atomic mass is 10.1. The average molecular weight is 451 g/mol. The minimum absolute atomic E-state index is 0.441. The predicted octanol–water partition coefficient (Wildman–Crippen LogP) is 7.55. The largest absolute Gasteiger partial charge is 0.490 e. The molecule has 0 fully saturated rings. The van der Waals surface area contributed by atoms with Crippen LogP contribution in [0.5, 0.6) is 11.5 Å². The van der Waals surface area contributed by atoms with Crippen LogP contribution in [0, 0.1) is 6.92 Å². The summed E-state index contributed by atoms with van der Waals surface area (Å²) in [5.41, 5.74) is 3.98. The maximum atomic E-state index is 6.51. The van der Waals surface area contributed by atoms with Crippen LogP contribution in [0.2, 0.25) is 15.1 Å². The highest BCUT2D eigenvalue weighted by atomic mass is 35.5. The first-order chi connectivity index (χ1) is 13.9. The van der Waals surface area contributed by atoms with Crippen molar-refractivity contribution in [3.05, 3.63) is 86.4 Å². The van der Waals surface area contributed by atoms with E-state index in [0.29, 0.717) is 46.3 Å². The topological polar surface area (TPSA) is 30.5 Å². The van der Waals surface area contributed by atoms with Crippen molar-refractivity contribution in [2.24, 2.45) is 0 Å². The van der Waals surface area contributed by atoms with E-state index in [2.05, 4.69) is 24.4 Å². The fourth-order valence-corrected chi connectivity index (χ4v) is 3.66. The number of hydrogen-bond donors (Lipinski definition) is 1. The van der Waals surface area contributed by atoms with Gasteiger partial charge in [0, 0.05) is 33.4 Å². The molecule has 3 nitrogen and oxygen atoms in total. The van der Waals surface area contributed by atoms with Crippen molar-refractivity contribution in [3.63, 3.8) is 0 Å². The van der Waals surface area contributed by atoms with Crippen molar-refractivity contribution < 1.29 is 9.47 Å². The van der Waals surface area contributed by atoms with Crippen molar-refractivity contribution in [3.8, 4) is 11.5 Å². The first kappa shape index (κ1) is 21.6. The summed E-state index contributed by atoms with van der Waals surface area (Å²) >= 11 is 18.6. The van der Waals surface area contributed by atoms with E-state index >= 15 is 0 Å². The third-order valence-electron chi connectivity index (χ3n) is 4.23. The standard InChI is InChI=1S/C23H22Cl3NO2/c1-3-28-22-8-17(13-27-20-10-18(24)9-19(25)11-20)21(26)12-23(22)29-14-16-6-4-5-15(2)7-16/h4-12,27H,3,13-14H2,1-2H3. The lowest BCUT2D eigenvalue weighted by molar-refractivity contribution is 0.269. The van der Waals surface area contributed by atoms with Gasteiger partial charge in [-0.05, 0) is 49.2 Å². The Kier molecular flexibility index (Phi) is 7.54. The molecule has 3 aromatic rings.